The van der Waals surface area contributed by atoms with Gasteiger partial charge in [0.05, 0.1) is 34.3 Å². The lowest BCUT2D eigenvalue weighted by Gasteiger charge is -2.15. The van der Waals surface area contributed by atoms with Crippen LogP contribution in [-0.2, 0) is 0 Å². The molecule has 0 unspecified atom stereocenters. The zero-order chi connectivity index (χ0) is 50.5. The fraction of sp³-hybridized carbons (Fsp3) is 0. The SMILES string of the molecule is [2H]c1c([2H])c(-c2c([2H])c([2H])c([2H])c(-c3c([2H])c([2H])c4c([2H])c([2H])c5c([2H])c([2H])c([2H])c6c([2H])c([2H])c3c4c56)c2[2H])c([2H])c(-c2cc([2H])c3c([2H])c([2H])c4c([2H])c([2H])c([2H])c5c([2H])c([2H])c2c3c45)c1[2H]. The third kappa shape index (κ3) is 3.34. The summed E-state index contributed by atoms with van der Waals surface area (Å²) < 4.78 is 225. The monoisotopic (exact) mass is 579 g/mol. The molecule has 10 aromatic rings. The molecule has 0 aliphatic rings. The van der Waals surface area contributed by atoms with E-state index < -0.39 is 190 Å². The van der Waals surface area contributed by atoms with Gasteiger partial charge < -0.3 is 0 Å². The van der Waals surface area contributed by atoms with Gasteiger partial charge in [-0.1, -0.05) is 145 Å². The van der Waals surface area contributed by atoms with E-state index in [1.54, 1.807) is 0 Å². The zero-order valence-electron chi connectivity index (χ0n) is 47.1. The van der Waals surface area contributed by atoms with E-state index in [2.05, 4.69) is 0 Å². The molecule has 0 spiro atoms. The largest absolute Gasteiger partial charge is 0.0636 e. The second kappa shape index (κ2) is 8.89. The maximum atomic E-state index is 9.68. The highest BCUT2D eigenvalue weighted by Crippen LogP contribution is 2.42. The van der Waals surface area contributed by atoms with Crippen molar-refractivity contribution in [3.8, 4) is 33.4 Å². The molecule has 44 heavy (non-hydrogen) atoms. The van der Waals surface area contributed by atoms with Crippen molar-refractivity contribution in [3.05, 3.63) is 157 Å². The first kappa shape index (κ1) is 10.2. The van der Waals surface area contributed by atoms with Gasteiger partial charge >= 0.3 is 0 Å². The maximum absolute atomic E-state index is 9.68. The van der Waals surface area contributed by atoms with Gasteiger partial charge in [0.25, 0.3) is 0 Å². The quantitative estimate of drug-likeness (QED) is 0.183. The van der Waals surface area contributed by atoms with Crippen LogP contribution in [0, 0.1) is 0 Å². The maximum Gasteiger partial charge on any atom is 0.0636 e. The first-order chi connectivity index (χ1) is 32.3. The highest BCUT2D eigenvalue weighted by atomic mass is 14.2. The minimum Gasteiger partial charge on any atom is -0.0610 e. The van der Waals surface area contributed by atoms with Gasteiger partial charge in [-0.3, -0.25) is 0 Å². The van der Waals surface area contributed by atoms with Gasteiger partial charge in [-0.2, -0.15) is 0 Å². The smallest absolute Gasteiger partial charge is 0.0610 e. The molecular weight excluding hydrogens is 528 g/mol. The average molecular weight is 580 g/mol. The average Bonchev–Trinajstić information content (AvgIpc) is 3.30. The fourth-order valence-electron chi connectivity index (χ4n) is 5.76. The van der Waals surface area contributed by atoms with Crippen LogP contribution in [0.4, 0.5) is 0 Å². The van der Waals surface area contributed by atoms with Gasteiger partial charge in [-0.15, -0.1) is 0 Å². The molecule has 0 heteroatoms. The Kier molecular flexibility index (Phi) is 2.06. The predicted molar refractivity (Wildman–Crippen MR) is 190 cm³/mol. The van der Waals surface area contributed by atoms with Crippen molar-refractivity contribution in [2.75, 3.05) is 0 Å². The summed E-state index contributed by atoms with van der Waals surface area (Å²) in [4.78, 5) is 0. The predicted octanol–water partition coefficient (Wildman–Crippen LogP) is 12.5. The van der Waals surface area contributed by atoms with E-state index in [1.165, 1.54) is 0 Å². The summed E-state index contributed by atoms with van der Waals surface area (Å²) in [6, 6.07) is -18.4. The number of rotatable bonds is 3. The fourth-order valence-corrected chi connectivity index (χ4v) is 5.76. The van der Waals surface area contributed by atoms with Gasteiger partial charge in [-0.25, -0.2) is 0 Å². The minimum atomic E-state index is -0.994. The summed E-state index contributed by atoms with van der Waals surface area (Å²) in [6.07, 6.45) is 0. The molecule has 0 saturated heterocycles. The normalized spacial score (nSPS) is 20.0. The van der Waals surface area contributed by atoms with E-state index in [-0.39, 0.29) is 59.4 Å². The Morgan fingerprint density at radius 1 is 0.295 bits per heavy atom. The van der Waals surface area contributed by atoms with Crippen LogP contribution in [-0.4, -0.2) is 0 Å². The molecule has 0 N–H and O–H groups in total. The molecule has 0 radical (unpaired) electrons. The standard InChI is InChI=1S/C44H26/c1-5-27-13-15-31-17-21-37(39-23-19-29(7-1)41(27)43(31)39)35-11-3-9-33(25-35)34-10-4-12-36(26-34)38-22-18-32-16-14-28-6-2-8-30-20-24-40(38)44(32)42(28)30/h1-26H/i1D,2D,3D,4D,5D,6D,7D,8D,9D,10D,11D,12D,13D,14D,15D,16D,17D,18D,19D,20D,21D,23D,24D,25D,26D. The molecule has 202 valence electrons. The van der Waals surface area contributed by atoms with E-state index in [4.69, 9.17) is 27.4 Å². The Morgan fingerprint density at radius 2 is 0.682 bits per heavy atom. The molecule has 0 aromatic heterocycles. The summed E-state index contributed by atoms with van der Waals surface area (Å²) in [5, 5.41) is -3.89. The van der Waals surface area contributed by atoms with Gasteiger partial charge in [0.2, 0.25) is 0 Å². The summed E-state index contributed by atoms with van der Waals surface area (Å²) in [7, 11) is 0. The van der Waals surface area contributed by atoms with Gasteiger partial charge in [-0.05, 0) is 110 Å². The first-order valence-corrected chi connectivity index (χ1v) is 13.3. The van der Waals surface area contributed by atoms with Crippen LogP contribution in [0.25, 0.3) is 98.0 Å². The lowest BCUT2D eigenvalue weighted by atomic mass is 9.88. The van der Waals surface area contributed by atoms with Crippen molar-refractivity contribution in [1.29, 1.82) is 0 Å². The van der Waals surface area contributed by atoms with Crippen molar-refractivity contribution in [1.82, 2.24) is 0 Å². The highest BCUT2D eigenvalue weighted by Gasteiger charge is 2.14. The van der Waals surface area contributed by atoms with Crippen LogP contribution >= 0.6 is 0 Å². The zero-order valence-corrected chi connectivity index (χ0v) is 22.1. The van der Waals surface area contributed by atoms with E-state index in [0.717, 1.165) is 6.07 Å². The molecule has 0 saturated carbocycles. The summed E-state index contributed by atoms with van der Waals surface area (Å²) >= 11 is 0. The van der Waals surface area contributed by atoms with E-state index in [1.807, 2.05) is 0 Å². The minimum absolute atomic E-state index is 0.186. The molecular formula is C44H26. The van der Waals surface area contributed by atoms with Crippen molar-refractivity contribution < 1.29 is 34.3 Å². The summed E-state index contributed by atoms with van der Waals surface area (Å²) in [5.74, 6) is 0. The lowest BCUT2D eigenvalue weighted by Crippen LogP contribution is -1.89. The molecule has 0 nitrogen and oxygen atoms in total. The molecule has 0 amide bonds. The lowest BCUT2D eigenvalue weighted by molar-refractivity contribution is 1.60. The Hall–Kier alpha value is -5.72. The Bertz CT molecular complexity index is 4070. The van der Waals surface area contributed by atoms with Crippen molar-refractivity contribution in [3.63, 3.8) is 0 Å². The van der Waals surface area contributed by atoms with E-state index in [9.17, 15) is 6.85 Å². The topological polar surface area (TPSA) is 0 Å². The number of hydrogen-bond acceptors (Lipinski definition) is 0. The van der Waals surface area contributed by atoms with E-state index in [0.29, 0.717) is 0 Å². The second-order valence-corrected chi connectivity index (χ2v) is 10.1. The third-order valence-corrected chi connectivity index (χ3v) is 7.71. The molecule has 0 heterocycles. The molecule has 0 aliphatic heterocycles. The van der Waals surface area contributed by atoms with Crippen LogP contribution in [0.2, 0.25) is 0 Å². The molecule has 10 rings (SSSR count). The molecule has 10 aromatic carbocycles. The van der Waals surface area contributed by atoms with Crippen molar-refractivity contribution in [2.45, 2.75) is 0 Å². The van der Waals surface area contributed by atoms with E-state index >= 15 is 0 Å². The molecule has 0 aliphatic carbocycles. The van der Waals surface area contributed by atoms with Crippen LogP contribution in [0.15, 0.2) is 157 Å². The van der Waals surface area contributed by atoms with Crippen molar-refractivity contribution >= 4 is 64.6 Å². The van der Waals surface area contributed by atoms with Gasteiger partial charge in [0.1, 0.15) is 0 Å². The van der Waals surface area contributed by atoms with Crippen LogP contribution in [0.1, 0.15) is 34.3 Å². The van der Waals surface area contributed by atoms with Crippen LogP contribution < -0.4 is 0 Å². The van der Waals surface area contributed by atoms with Gasteiger partial charge in [0.15, 0.2) is 0 Å². The first-order valence-electron chi connectivity index (χ1n) is 25.8. The Labute approximate surface area is 290 Å². The van der Waals surface area contributed by atoms with Crippen molar-refractivity contribution in [2.24, 2.45) is 0 Å². The summed E-state index contributed by atoms with van der Waals surface area (Å²) in [6.45, 7) is 0. The van der Waals surface area contributed by atoms with Crippen LogP contribution in [0.3, 0.4) is 0 Å². The molecule has 0 bridgehead atoms. The number of benzene rings is 10. The second-order valence-electron chi connectivity index (χ2n) is 10.1. The Morgan fingerprint density at radius 3 is 1.25 bits per heavy atom. The molecule has 0 atom stereocenters. The summed E-state index contributed by atoms with van der Waals surface area (Å²) in [5.41, 5.74) is -3.98. The number of hydrogen-bond donors (Lipinski definition) is 0. The van der Waals surface area contributed by atoms with Crippen LogP contribution in [0.5, 0.6) is 0 Å². The third-order valence-electron chi connectivity index (χ3n) is 7.71. The molecule has 0 fully saturated rings. The Balaban J connectivity index is 1.38. The highest BCUT2D eigenvalue weighted by molar-refractivity contribution is 6.26. The van der Waals surface area contributed by atoms with Gasteiger partial charge in [0, 0.05) is 0 Å².